The number of rotatable bonds is 5. The Hall–Kier alpha value is -3.66. The third kappa shape index (κ3) is 3.75. The highest BCUT2D eigenvalue weighted by molar-refractivity contribution is 5.92. The lowest BCUT2D eigenvalue weighted by Crippen LogP contribution is -2.23. The van der Waals surface area contributed by atoms with Crippen molar-refractivity contribution in [2.75, 3.05) is 5.32 Å². The molecule has 0 saturated heterocycles. The lowest BCUT2D eigenvalue weighted by atomic mass is 10.2. The van der Waals surface area contributed by atoms with Gasteiger partial charge in [0.25, 0.3) is 5.91 Å². The molecule has 7 heteroatoms. The van der Waals surface area contributed by atoms with Crippen molar-refractivity contribution in [3.05, 3.63) is 71.9 Å². The number of nitrogens with one attached hydrogen (secondary N) is 2. The van der Waals surface area contributed by atoms with Crippen molar-refractivity contribution in [1.82, 2.24) is 15.3 Å². The van der Waals surface area contributed by atoms with E-state index in [4.69, 9.17) is 9.68 Å². The molecule has 0 aliphatic rings. The molecule has 1 amide bonds. The molecule has 0 radical (unpaired) electrons. The topological polar surface area (TPSA) is 104 Å². The summed E-state index contributed by atoms with van der Waals surface area (Å²) < 4.78 is 5.16. The first-order valence-electron chi connectivity index (χ1n) is 7.15. The van der Waals surface area contributed by atoms with Crippen LogP contribution in [-0.4, -0.2) is 15.9 Å². The third-order valence-corrected chi connectivity index (χ3v) is 3.16. The van der Waals surface area contributed by atoms with Crippen LogP contribution in [-0.2, 0) is 6.54 Å². The quantitative estimate of drug-likeness (QED) is 0.749. The summed E-state index contributed by atoms with van der Waals surface area (Å²) >= 11 is 0. The van der Waals surface area contributed by atoms with Gasteiger partial charge in [0.15, 0.2) is 0 Å². The van der Waals surface area contributed by atoms with Crippen LogP contribution in [0.5, 0.6) is 0 Å². The number of anilines is 2. The maximum absolute atomic E-state index is 12.1. The largest absolute Gasteiger partial charge is 0.467 e. The molecule has 0 fully saturated rings. The lowest BCUT2D eigenvalue weighted by Gasteiger charge is -2.07. The summed E-state index contributed by atoms with van der Waals surface area (Å²) in [6, 6.07) is 14.0. The van der Waals surface area contributed by atoms with E-state index in [2.05, 4.69) is 20.6 Å². The van der Waals surface area contributed by atoms with Crippen LogP contribution in [0.4, 0.5) is 11.6 Å². The normalized spacial score (nSPS) is 9.96. The standard InChI is InChI=1S/C17H13N5O2/c18-10-12-3-5-13(6-4-12)21-17-19-8-7-15(22-17)16(23)20-11-14-2-1-9-24-14/h1-9H,11H2,(H,20,23)(H,19,21,22). The number of carbonyl (C=O) groups is 1. The summed E-state index contributed by atoms with van der Waals surface area (Å²) in [5.74, 6) is 0.635. The first-order valence-corrected chi connectivity index (χ1v) is 7.15. The van der Waals surface area contributed by atoms with E-state index in [1.165, 1.54) is 12.3 Å². The fourth-order valence-electron chi connectivity index (χ4n) is 1.97. The molecule has 24 heavy (non-hydrogen) atoms. The van der Waals surface area contributed by atoms with Gasteiger partial charge in [-0.05, 0) is 42.5 Å². The number of aromatic nitrogens is 2. The second-order valence-electron chi connectivity index (χ2n) is 4.84. The van der Waals surface area contributed by atoms with Crippen LogP contribution in [0.15, 0.2) is 59.3 Å². The second-order valence-corrected chi connectivity index (χ2v) is 4.84. The molecular weight excluding hydrogens is 306 g/mol. The summed E-state index contributed by atoms with van der Waals surface area (Å²) in [5.41, 5.74) is 1.53. The zero-order valence-corrected chi connectivity index (χ0v) is 12.6. The first-order chi connectivity index (χ1) is 11.7. The van der Waals surface area contributed by atoms with Gasteiger partial charge in [-0.15, -0.1) is 0 Å². The van der Waals surface area contributed by atoms with Gasteiger partial charge in [-0.3, -0.25) is 4.79 Å². The van der Waals surface area contributed by atoms with E-state index >= 15 is 0 Å². The molecule has 7 nitrogen and oxygen atoms in total. The number of nitrogens with zero attached hydrogens (tertiary/aromatic N) is 3. The Bertz CT molecular complexity index is 867. The Labute approximate surface area is 138 Å². The minimum Gasteiger partial charge on any atom is -0.467 e. The zero-order valence-electron chi connectivity index (χ0n) is 12.6. The maximum Gasteiger partial charge on any atom is 0.270 e. The molecule has 0 unspecified atom stereocenters. The predicted molar refractivity (Wildman–Crippen MR) is 86.3 cm³/mol. The van der Waals surface area contributed by atoms with E-state index in [0.717, 1.165) is 5.69 Å². The molecule has 3 aromatic rings. The highest BCUT2D eigenvalue weighted by Gasteiger charge is 2.09. The molecule has 0 spiro atoms. The van der Waals surface area contributed by atoms with Crippen LogP contribution in [0.25, 0.3) is 0 Å². The Balaban J connectivity index is 1.66. The lowest BCUT2D eigenvalue weighted by molar-refractivity contribution is 0.0943. The van der Waals surface area contributed by atoms with Crippen LogP contribution in [0.2, 0.25) is 0 Å². The average molecular weight is 319 g/mol. The van der Waals surface area contributed by atoms with Gasteiger partial charge in [-0.2, -0.15) is 5.26 Å². The number of carbonyl (C=O) groups excluding carboxylic acids is 1. The fraction of sp³-hybridized carbons (Fsp3) is 0.0588. The molecule has 3 rings (SSSR count). The molecule has 2 N–H and O–H groups in total. The van der Waals surface area contributed by atoms with Crippen LogP contribution >= 0.6 is 0 Å². The van der Waals surface area contributed by atoms with Gasteiger partial charge in [0.05, 0.1) is 24.4 Å². The van der Waals surface area contributed by atoms with E-state index in [-0.39, 0.29) is 18.1 Å². The van der Waals surface area contributed by atoms with E-state index in [0.29, 0.717) is 17.3 Å². The van der Waals surface area contributed by atoms with Crippen LogP contribution in [0.1, 0.15) is 21.8 Å². The van der Waals surface area contributed by atoms with Crippen LogP contribution in [0.3, 0.4) is 0 Å². The van der Waals surface area contributed by atoms with Crippen molar-refractivity contribution in [3.8, 4) is 6.07 Å². The summed E-state index contributed by atoms with van der Waals surface area (Å²) in [4.78, 5) is 20.4. The first kappa shape index (κ1) is 15.2. The summed E-state index contributed by atoms with van der Waals surface area (Å²) in [6.07, 6.45) is 3.05. The van der Waals surface area contributed by atoms with Gasteiger partial charge in [-0.1, -0.05) is 0 Å². The Kier molecular flexibility index (Phi) is 4.49. The summed E-state index contributed by atoms with van der Waals surface area (Å²) in [6.45, 7) is 0.286. The average Bonchev–Trinajstić information content (AvgIpc) is 3.14. The number of furan rings is 1. The maximum atomic E-state index is 12.1. The van der Waals surface area contributed by atoms with Crippen molar-refractivity contribution in [1.29, 1.82) is 5.26 Å². The van der Waals surface area contributed by atoms with E-state index in [9.17, 15) is 4.79 Å². The monoisotopic (exact) mass is 319 g/mol. The number of hydrogen-bond acceptors (Lipinski definition) is 6. The number of benzene rings is 1. The highest BCUT2D eigenvalue weighted by atomic mass is 16.3. The second kappa shape index (κ2) is 7.07. The van der Waals surface area contributed by atoms with Crippen LogP contribution < -0.4 is 10.6 Å². The molecule has 0 bridgehead atoms. The van der Waals surface area contributed by atoms with E-state index < -0.39 is 0 Å². The number of hydrogen-bond donors (Lipinski definition) is 2. The summed E-state index contributed by atoms with van der Waals surface area (Å²) in [7, 11) is 0. The smallest absolute Gasteiger partial charge is 0.270 e. The Morgan fingerprint density at radius 2 is 2.04 bits per heavy atom. The Morgan fingerprint density at radius 3 is 2.75 bits per heavy atom. The third-order valence-electron chi connectivity index (χ3n) is 3.16. The van der Waals surface area contributed by atoms with Crippen molar-refractivity contribution in [2.24, 2.45) is 0 Å². The van der Waals surface area contributed by atoms with Crippen molar-refractivity contribution >= 4 is 17.5 Å². The van der Waals surface area contributed by atoms with Crippen molar-refractivity contribution in [2.45, 2.75) is 6.54 Å². The molecule has 0 saturated carbocycles. The van der Waals surface area contributed by atoms with Crippen molar-refractivity contribution in [3.63, 3.8) is 0 Å². The SMILES string of the molecule is N#Cc1ccc(Nc2nccc(C(=O)NCc3ccco3)n2)cc1. The fourth-order valence-corrected chi connectivity index (χ4v) is 1.97. The molecular formula is C17H13N5O2. The van der Waals surface area contributed by atoms with Gasteiger partial charge in [-0.25, -0.2) is 9.97 Å². The minimum atomic E-state index is -0.323. The molecule has 0 atom stereocenters. The van der Waals surface area contributed by atoms with Gasteiger partial charge < -0.3 is 15.1 Å². The van der Waals surface area contributed by atoms with Gasteiger partial charge in [0.2, 0.25) is 5.95 Å². The molecule has 118 valence electrons. The highest BCUT2D eigenvalue weighted by Crippen LogP contribution is 2.13. The molecule has 2 aromatic heterocycles. The zero-order chi connectivity index (χ0) is 16.8. The van der Waals surface area contributed by atoms with Gasteiger partial charge in [0, 0.05) is 11.9 Å². The van der Waals surface area contributed by atoms with Crippen LogP contribution in [0, 0.1) is 11.3 Å². The molecule has 1 aromatic carbocycles. The molecule has 0 aliphatic heterocycles. The van der Waals surface area contributed by atoms with Gasteiger partial charge >= 0.3 is 0 Å². The molecule has 0 aliphatic carbocycles. The van der Waals surface area contributed by atoms with Gasteiger partial charge in [0.1, 0.15) is 11.5 Å². The molecule has 2 heterocycles. The summed E-state index contributed by atoms with van der Waals surface area (Å²) in [5, 5.41) is 14.5. The Morgan fingerprint density at radius 1 is 1.21 bits per heavy atom. The van der Waals surface area contributed by atoms with E-state index in [1.54, 1.807) is 42.7 Å². The minimum absolute atomic E-state index is 0.243. The number of amides is 1. The van der Waals surface area contributed by atoms with E-state index in [1.807, 2.05) is 6.07 Å². The predicted octanol–water partition coefficient (Wildman–Crippen LogP) is 2.61. The number of nitriles is 1. The van der Waals surface area contributed by atoms with Crippen molar-refractivity contribution < 1.29 is 9.21 Å².